The van der Waals surface area contributed by atoms with Crippen molar-refractivity contribution in [2.45, 2.75) is 38.1 Å². The first-order chi connectivity index (χ1) is 15.7. The first-order valence-electron chi connectivity index (χ1n) is 11.1. The van der Waals surface area contributed by atoms with Crippen molar-refractivity contribution in [1.82, 2.24) is 4.90 Å². The molecule has 0 saturated heterocycles. The highest BCUT2D eigenvalue weighted by Crippen LogP contribution is 2.39. The summed E-state index contributed by atoms with van der Waals surface area (Å²) in [6, 6.07) is 26.1. The molecule has 0 aliphatic carbocycles. The van der Waals surface area contributed by atoms with E-state index in [4.69, 9.17) is 10.2 Å². The van der Waals surface area contributed by atoms with Gasteiger partial charge in [-0.25, -0.2) is 4.79 Å². The zero-order valence-corrected chi connectivity index (χ0v) is 19.7. The average Bonchev–Trinajstić information content (AvgIpc) is 2.83. The maximum Gasteiger partial charge on any atom is 0.335 e. The van der Waals surface area contributed by atoms with Crippen molar-refractivity contribution in [2.75, 3.05) is 14.1 Å². The van der Waals surface area contributed by atoms with E-state index in [0.29, 0.717) is 12.5 Å². The number of carbonyl (C=O) groups is 2. The molecule has 0 heterocycles. The van der Waals surface area contributed by atoms with Crippen molar-refractivity contribution in [3.63, 3.8) is 0 Å². The highest BCUT2D eigenvalue weighted by Gasteiger charge is 2.41. The fourth-order valence-electron chi connectivity index (χ4n) is 3.81. The molecule has 33 heavy (non-hydrogen) atoms. The van der Waals surface area contributed by atoms with E-state index in [1.165, 1.54) is 24.3 Å². The molecule has 1 unspecified atom stereocenters. The Kier molecular flexibility index (Phi) is 9.37. The number of carboxylic acids is 1. The van der Waals surface area contributed by atoms with Crippen LogP contribution in [-0.4, -0.2) is 47.0 Å². The zero-order valence-electron chi connectivity index (χ0n) is 19.7. The number of phenols is 1. The van der Waals surface area contributed by atoms with Gasteiger partial charge in [-0.2, -0.15) is 0 Å². The molecule has 0 bridgehead atoms. The largest absolute Gasteiger partial charge is 0.508 e. The minimum atomic E-state index is -0.986. The van der Waals surface area contributed by atoms with Crippen molar-refractivity contribution >= 4 is 11.8 Å². The SMILES string of the molecule is CCC(=O)C(CC(C)N(C)C)(c1ccccc1)c1ccccc1.O=C(O)c1ccc(O)cc1. The van der Waals surface area contributed by atoms with Crippen LogP contribution in [0.2, 0.25) is 0 Å². The number of carboxylic acid groups (broad SMARTS) is 1. The number of ketones is 1. The zero-order chi connectivity index (χ0) is 24.4. The number of phenolic OH excluding ortho intramolecular Hbond substituents is 1. The molecule has 3 aromatic rings. The number of hydrogen-bond donors (Lipinski definition) is 2. The topological polar surface area (TPSA) is 77.8 Å². The number of rotatable bonds is 8. The molecule has 0 radical (unpaired) electrons. The first-order valence-corrected chi connectivity index (χ1v) is 11.1. The average molecular weight is 448 g/mol. The van der Waals surface area contributed by atoms with Crippen molar-refractivity contribution in [3.05, 3.63) is 102 Å². The number of nitrogens with zero attached hydrogens (tertiary/aromatic N) is 1. The van der Waals surface area contributed by atoms with Gasteiger partial charge >= 0.3 is 5.97 Å². The van der Waals surface area contributed by atoms with Crippen LogP contribution in [0, 0.1) is 0 Å². The third-order valence-electron chi connectivity index (χ3n) is 5.93. The van der Waals surface area contributed by atoms with E-state index >= 15 is 0 Å². The minimum absolute atomic E-state index is 0.0741. The second-order valence-electron chi connectivity index (χ2n) is 8.28. The molecule has 0 aliphatic heterocycles. The van der Waals surface area contributed by atoms with Gasteiger partial charge in [0, 0.05) is 12.5 Å². The van der Waals surface area contributed by atoms with Crippen LogP contribution < -0.4 is 0 Å². The molecule has 0 fully saturated rings. The molecule has 0 aliphatic rings. The van der Waals surface area contributed by atoms with Crippen LogP contribution in [0.1, 0.15) is 48.2 Å². The van der Waals surface area contributed by atoms with Crippen LogP contribution in [0.3, 0.4) is 0 Å². The lowest BCUT2D eigenvalue weighted by Gasteiger charge is -2.37. The second-order valence-corrected chi connectivity index (χ2v) is 8.28. The molecule has 0 aromatic heterocycles. The van der Waals surface area contributed by atoms with Crippen LogP contribution >= 0.6 is 0 Å². The molecule has 1 atom stereocenters. The van der Waals surface area contributed by atoms with Crippen molar-refractivity contribution in [2.24, 2.45) is 0 Å². The molecule has 5 nitrogen and oxygen atoms in total. The quantitative estimate of drug-likeness (QED) is 0.485. The Morgan fingerprint density at radius 3 is 1.67 bits per heavy atom. The monoisotopic (exact) mass is 447 g/mol. The van der Waals surface area contributed by atoms with Gasteiger partial charge in [0.2, 0.25) is 0 Å². The van der Waals surface area contributed by atoms with Gasteiger partial charge in [0.05, 0.1) is 11.0 Å². The fourth-order valence-corrected chi connectivity index (χ4v) is 3.81. The molecule has 174 valence electrons. The number of carbonyl (C=O) groups excluding carboxylic acids is 1. The van der Waals surface area contributed by atoms with Crippen LogP contribution in [0.4, 0.5) is 0 Å². The summed E-state index contributed by atoms with van der Waals surface area (Å²) < 4.78 is 0. The molecule has 5 heteroatoms. The number of aromatic hydroxyl groups is 1. The smallest absolute Gasteiger partial charge is 0.335 e. The Morgan fingerprint density at radius 2 is 1.30 bits per heavy atom. The van der Waals surface area contributed by atoms with Crippen LogP contribution in [-0.2, 0) is 10.2 Å². The molecular weight excluding hydrogens is 414 g/mol. The summed E-state index contributed by atoms with van der Waals surface area (Å²) in [5, 5.41) is 17.1. The maximum absolute atomic E-state index is 13.2. The number of hydrogen-bond acceptors (Lipinski definition) is 4. The van der Waals surface area contributed by atoms with E-state index in [-0.39, 0.29) is 17.1 Å². The van der Waals surface area contributed by atoms with E-state index in [0.717, 1.165) is 17.5 Å². The first kappa shape index (κ1) is 25.8. The van der Waals surface area contributed by atoms with Gasteiger partial charge in [-0.05, 0) is 62.8 Å². The lowest BCUT2D eigenvalue weighted by atomic mass is 9.67. The summed E-state index contributed by atoms with van der Waals surface area (Å²) >= 11 is 0. The van der Waals surface area contributed by atoms with E-state index in [9.17, 15) is 9.59 Å². The van der Waals surface area contributed by atoms with Crippen molar-refractivity contribution < 1.29 is 19.8 Å². The lowest BCUT2D eigenvalue weighted by Crippen LogP contribution is -2.42. The Bertz CT molecular complexity index is 975. The Hall–Kier alpha value is -3.44. The predicted octanol–water partition coefficient (Wildman–Crippen LogP) is 5.38. The summed E-state index contributed by atoms with van der Waals surface area (Å²) in [7, 11) is 4.14. The van der Waals surface area contributed by atoms with Gasteiger partial charge in [-0.3, -0.25) is 4.79 Å². The van der Waals surface area contributed by atoms with Crippen LogP contribution in [0.15, 0.2) is 84.9 Å². The summed E-state index contributed by atoms with van der Waals surface area (Å²) in [6.07, 6.45) is 1.31. The number of Topliss-reactive ketones (excluding diaryl/α,β-unsaturated/α-hetero) is 1. The Balaban J connectivity index is 0.000000321. The molecule has 2 N–H and O–H groups in total. The molecule has 3 aromatic carbocycles. The molecule has 0 amide bonds. The van der Waals surface area contributed by atoms with Gasteiger partial charge in [0.15, 0.2) is 0 Å². The summed E-state index contributed by atoms with van der Waals surface area (Å²) in [6.45, 7) is 4.15. The van der Waals surface area contributed by atoms with Crippen LogP contribution in [0.25, 0.3) is 0 Å². The van der Waals surface area contributed by atoms with E-state index < -0.39 is 11.4 Å². The second kappa shape index (κ2) is 12.0. The number of benzene rings is 3. The van der Waals surface area contributed by atoms with Gasteiger partial charge < -0.3 is 15.1 Å². The highest BCUT2D eigenvalue weighted by atomic mass is 16.4. The third kappa shape index (κ3) is 6.53. The maximum atomic E-state index is 13.2. The minimum Gasteiger partial charge on any atom is -0.508 e. The third-order valence-corrected chi connectivity index (χ3v) is 5.93. The summed E-state index contributed by atoms with van der Waals surface area (Å²) in [5.74, 6) is -0.631. The van der Waals surface area contributed by atoms with Gasteiger partial charge in [-0.15, -0.1) is 0 Å². The molecule has 0 saturated carbocycles. The predicted molar refractivity (Wildman–Crippen MR) is 132 cm³/mol. The van der Waals surface area contributed by atoms with E-state index in [1.54, 1.807) is 0 Å². The van der Waals surface area contributed by atoms with Crippen LogP contribution in [0.5, 0.6) is 5.75 Å². The lowest BCUT2D eigenvalue weighted by molar-refractivity contribution is -0.123. The Morgan fingerprint density at radius 1 is 0.848 bits per heavy atom. The summed E-state index contributed by atoms with van der Waals surface area (Å²) in [5.41, 5.74) is 1.78. The summed E-state index contributed by atoms with van der Waals surface area (Å²) in [4.78, 5) is 25.6. The normalized spacial score (nSPS) is 11.9. The molecular formula is C28H33NO4. The standard InChI is InChI=1S/C21H27NO.C7H6O3/c1-5-20(23)21(16-17(2)22(3)4,18-12-8-6-9-13-18)19-14-10-7-11-15-19;8-6-3-1-5(2-4-6)7(9)10/h6-15,17H,5,16H2,1-4H3;1-4,8H,(H,9,10). The Labute approximate surface area is 196 Å². The molecule has 0 spiro atoms. The van der Waals surface area contributed by atoms with Crippen molar-refractivity contribution in [3.8, 4) is 5.75 Å². The van der Waals surface area contributed by atoms with Gasteiger partial charge in [0.1, 0.15) is 11.5 Å². The highest BCUT2D eigenvalue weighted by molar-refractivity contribution is 5.93. The van der Waals surface area contributed by atoms with Crippen molar-refractivity contribution in [1.29, 1.82) is 0 Å². The molecule has 3 rings (SSSR count). The van der Waals surface area contributed by atoms with E-state index in [2.05, 4.69) is 50.2 Å². The van der Waals surface area contributed by atoms with E-state index in [1.807, 2.05) is 43.3 Å². The number of aromatic carboxylic acids is 1. The van der Waals surface area contributed by atoms with Gasteiger partial charge in [-0.1, -0.05) is 67.6 Å². The van der Waals surface area contributed by atoms with Gasteiger partial charge in [0.25, 0.3) is 0 Å². The fraction of sp³-hybridized carbons (Fsp3) is 0.286.